The Kier molecular flexibility index (Phi) is 40.1. The molecule has 0 saturated carbocycles. The van der Waals surface area contributed by atoms with Crippen LogP contribution >= 0.6 is 30.3 Å². The molecule has 4 aromatic carbocycles. The summed E-state index contributed by atoms with van der Waals surface area (Å²) in [5, 5.41) is 79.2. The van der Waals surface area contributed by atoms with Crippen molar-refractivity contribution in [3.05, 3.63) is 117 Å². The van der Waals surface area contributed by atoms with Crippen molar-refractivity contribution in [3.8, 4) is 23.0 Å². The molecule has 0 aromatic heterocycles. The van der Waals surface area contributed by atoms with E-state index in [1.54, 1.807) is 24.3 Å². The number of carbonyl (C=O) groups excluding carboxylic acids is 2. The summed E-state index contributed by atoms with van der Waals surface area (Å²) in [6, 6.07) is 19.7. The van der Waals surface area contributed by atoms with Crippen LogP contribution in [0.4, 0.5) is 0 Å². The Morgan fingerprint density at radius 1 is 0.554 bits per heavy atom. The number of ether oxygens (including phenoxy) is 6. The van der Waals surface area contributed by atoms with E-state index >= 15 is 0 Å². The molecule has 2 heterocycles. The normalized spacial score (nSPS) is 14.4. The number of phenols is 2. The van der Waals surface area contributed by atoms with Gasteiger partial charge in [-0.2, -0.15) is 0 Å². The number of aliphatic hydroxyl groups is 4. The Morgan fingerprint density at radius 3 is 1.25 bits per heavy atom. The molecule has 2 aliphatic rings. The quantitative estimate of drug-likeness (QED) is 0.0214. The number of fused-ring (bicyclic) bond motifs is 2. The van der Waals surface area contributed by atoms with Crippen LogP contribution in [0.1, 0.15) is 141 Å². The number of aliphatic carboxylic acids is 2. The second-order valence-corrected chi connectivity index (χ2v) is 29.7. The maximum absolute atomic E-state index is 13.3. The van der Waals surface area contributed by atoms with Gasteiger partial charge in [-0.1, -0.05) is 100 Å². The predicted molar refractivity (Wildman–Crippen MR) is 340 cm³/mol. The predicted octanol–water partition coefficient (Wildman–Crippen LogP) is 9.36. The topological polar surface area (TPSA) is 298 Å². The molecule has 0 bridgehead atoms. The number of carboxylic acid groups (broad SMARTS) is 2. The average molecular weight is 1480 g/mol. The summed E-state index contributed by atoms with van der Waals surface area (Å²) in [7, 11) is 14.7. The van der Waals surface area contributed by atoms with Crippen LogP contribution in [-0.4, -0.2) is 172 Å². The zero-order chi connectivity index (χ0) is 67.0. The second-order valence-electron chi connectivity index (χ2n) is 24.2. The van der Waals surface area contributed by atoms with Gasteiger partial charge in [0.2, 0.25) is 11.6 Å². The van der Waals surface area contributed by atoms with Crippen molar-refractivity contribution >= 4 is 54.2 Å². The Morgan fingerprint density at radius 2 is 0.870 bits per heavy atom. The molecular formula is C64H96Cl3Fe2N4O18V. The Labute approximate surface area is 582 Å². The Bertz CT molecular complexity index is 2900. The molecule has 1 radical (unpaired) electrons. The first-order valence-electron chi connectivity index (χ1n) is 28.9. The van der Waals surface area contributed by atoms with Crippen LogP contribution in [0, 0.1) is 0 Å². The minimum Gasteiger partial charge on any atom is 0 e. The van der Waals surface area contributed by atoms with E-state index in [2.05, 4.69) is 13.8 Å². The van der Waals surface area contributed by atoms with E-state index in [0.717, 1.165) is 22.3 Å². The molecule has 6 rings (SSSR count). The van der Waals surface area contributed by atoms with Crippen LogP contribution in [0.3, 0.4) is 0 Å². The van der Waals surface area contributed by atoms with Crippen molar-refractivity contribution < 1.29 is 135 Å². The van der Waals surface area contributed by atoms with Gasteiger partial charge in [-0.05, 0) is 41.5 Å². The number of nitrogens with zero attached hydrogens (tertiary/aromatic N) is 4. The summed E-state index contributed by atoms with van der Waals surface area (Å²) in [6.45, 7) is 21.4. The standard InChI is InChI=1S/C37H54N2O9.C23H30N2O9.C3H8.CH4.3ClH.2Fe.V/c1-34(2,3)45-30(41)20-38(17-25-13-11-15-27-23-43-36(7,8)47-32(25)27)19-29(22-40)39(21-31(42)46-35(4,5)6)18-26-14-12-16-28-24-44-37(9,10)48-33(26)28;26-12-17-5-1-3-15(22(17)33)7-24(10-20(29)30)9-19(14-28)25(11-21(31)32)8-16-4-2-6-18(13-27)23(16)34;1-3-2;;;;;;;/h11-16,29,40H,17-24H2,1-10H3;1-6,19,26-28,33-34H,7-14H2,(H,29,30)(H,31,32);3H2,1-2H3;1H4;3*1H;;;/q;;;;;;;;+3;/p-3. The molecule has 2 atom stereocenters. The van der Waals surface area contributed by atoms with Crippen molar-refractivity contribution in [3.63, 3.8) is 0 Å². The molecule has 28 heteroatoms. The monoisotopic (exact) mass is 1480 g/mol. The van der Waals surface area contributed by atoms with Gasteiger partial charge in [0.15, 0.2) is 0 Å². The van der Waals surface area contributed by atoms with Gasteiger partial charge in [0.05, 0.1) is 65.8 Å². The minimum atomic E-state index is -1.33. The van der Waals surface area contributed by atoms with Crippen LogP contribution in [0.25, 0.3) is 0 Å². The molecule has 0 amide bonds. The number of aliphatic hydroxyl groups excluding tert-OH is 4. The fourth-order valence-corrected chi connectivity index (χ4v) is 9.42. The van der Waals surface area contributed by atoms with Crippen molar-refractivity contribution in [2.45, 2.75) is 184 Å². The molecule has 2 unspecified atom stereocenters. The zero-order valence-corrected chi connectivity index (χ0v) is 59.7. The molecule has 0 saturated heterocycles. The minimum absolute atomic E-state index is 0. The Balaban J connectivity index is 0.00000166. The third-order valence-corrected chi connectivity index (χ3v) is 13.1. The fourth-order valence-electron chi connectivity index (χ4n) is 9.42. The van der Waals surface area contributed by atoms with Gasteiger partial charge < -0.3 is 69.3 Å². The van der Waals surface area contributed by atoms with Crippen molar-refractivity contribution in [1.29, 1.82) is 0 Å². The fraction of sp³-hybridized carbons (Fsp3) is 0.562. The molecule has 22 nitrogen and oxygen atoms in total. The molecule has 92 heavy (non-hydrogen) atoms. The summed E-state index contributed by atoms with van der Waals surface area (Å²) in [6.07, 6.45) is 1.25. The van der Waals surface area contributed by atoms with Crippen LogP contribution in [0.15, 0.2) is 72.8 Å². The molecule has 522 valence electrons. The van der Waals surface area contributed by atoms with Crippen molar-refractivity contribution in [2.75, 3.05) is 52.5 Å². The van der Waals surface area contributed by atoms with E-state index in [9.17, 15) is 60.0 Å². The SMILES string of the molecule is C.CC(C)(C)OC(=O)CN(Cc1cccc2c1OC(C)(C)OC2)CC(CO)N(CC(=O)OC(C)(C)C)Cc1cccc2c1OC(C)(C)OC2.CCC.O=C(O)CN(Cc1cccc(CO)c1O)CC(CO)N(CC(=O)O)Cc1cccc(CO)c1O.[Cl][Fe]([Cl])[Cl].[Fe].[V]. The van der Waals surface area contributed by atoms with Gasteiger partial charge in [0.25, 0.3) is 0 Å². The van der Waals surface area contributed by atoms with Gasteiger partial charge in [0, 0.05) is 159 Å². The zero-order valence-electron chi connectivity index (χ0n) is 53.8. The molecule has 8 N–H and O–H groups in total. The molecule has 0 fully saturated rings. The van der Waals surface area contributed by atoms with Gasteiger partial charge in [0.1, 0.15) is 34.2 Å². The summed E-state index contributed by atoms with van der Waals surface area (Å²) < 4.78 is 35.6. The number of halogens is 3. The van der Waals surface area contributed by atoms with Crippen molar-refractivity contribution in [1.82, 2.24) is 19.6 Å². The Hall–Kier alpha value is -3.95. The summed E-state index contributed by atoms with van der Waals surface area (Å²) in [5.41, 5.74) is 3.40. The summed E-state index contributed by atoms with van der Waals surface area (Å²) in [5.74, 6) is -3.76. The molecule has 2 aliphatic heterocycles. The summed E-state index contributed by atoms with van der Waals surface area (Å²) >= 11 is -1.33. The van der Waals surface area contributed by atoms with Gasteiger partial charge in [-0.3, -0.25) is 38.8 Å². The van der Waals surface area contributed by atoms with Crippen LogP contribution in [0.5, 0.6) is 23.0 Å². The third-order valence-electron chi connectivity index (χ3n) is 13.1. The number of benzene rings is 4. The maximum Gasteiger partial charge on any atom is 0 e. The van der Waals surface area contributed by atoms with E-state index in [0.29, 0.717) is 42.4 Å². The van der Waals surface area contributed by atoms with Crippen LogP contribution in [-0.2, 0) is 138 Å². The van der Waals surface area contributed by atoms with Gasteiger partial charge in [-0.25, -0.2) is 0 Å². The van der Waals surface area contributed by atoms with Crippen LogP contribution in [0.2, 0.25) is 0 Å². The number of hydrogen-bond acceptors (Lipinski definition) is 20. The first-order valence-corrected chi connectivity index (χ1v) is 33.5. The number of carbonyl (C=O) groups is 4. The van der Waals surface area contributed by atoms with E-state index in [1.165, 1.54) is 28.4 Å². The largest absolute Gasteiger partial charge is 0 e. The number of para-hydroxylation sites is 4. The van der Waals surface area contributed by atoms with Gasteiger partial charge >= 0.3 is 65.3 Å². The van der Waals surface area contributed by atoms with Gasteiger partial charge in [-0.15, -0.1) is 0 Å². The first-order chi connectivity index (χ1) is 41.6. The van der Waals surface area contributed by atoms with E-state index in [4.69, 9.17) is 58.7 Å². The number of aromatic hydroxyl groups is 2. The number of esters is 2. The van der Waals surface area contributed by atoms with E-state index < -0.39 is 103 Å². The average Bonchev–Trinajstić information content (AvgIpc) is 0.812. The maximum atomic E-state index is 13.3. The number of rotatable bonds is 26. The number of carboxylic acids is 2. The van der Waals surface area contributed by atoms with E-state index in [1.807, 2.05) is 115 Å². The van der Waals surface area contributed by atoms with Crippen molar-refractivity contribution in [2.24, 2.45) is 0 Å². The first kappa shape index (κ1) is 88.1. The molecule has 0 spiro atoms. The van der Waals surface area contributed by atoms with Crippen LogP contribution < -0.4 is 9.47 Å². The van der Waals surface area contributed by atoms with E-state index in [-0.39, 0.29) is 118 Å². The third kappa shape index (κ3) is 31.7. The molecule has 0 aliphatic carbocycles. The molecular weight excluding hydrogens is 1380 g/mol. The second kappa shape index (κ2) is 41.9. The smallest absolute Gasteiger partial charge is 0 e. The number of hydrogen-bond donors (Lipinski definition) is 8. The molecule has 4 aromatic rings. The summed E-state index contributed by atoms with van der Waals surface area (Å²) in [4.78, 5) is 56.1.